The highest BCUT2D eigenvalue weighted by Crippen LogP contribution is 2.23. The molecule has 1 aromatic rings. The smallest absolute Gasteiger partial charge is 0.170 e. The van der Waals surface area contributed by atoms with E-state index in [1.165, 1.54) is 0 Å². The molecular formula is C12H21N5. The van der Waals surface area contributed by atoms with Crippen molar-refractivity contribution in [1.82, 2.24) is 9.78 Å². The lowest BCUT2D eigenvalue weighted by molar-refractivity contribution is 0.491. The number of nitrogens with zero attached hydrogens (tertiary/aromatic N) is 4. The summed E-state index contributed by atoms with van der Waals surface area (Å²) >= 11 is 0. The van der Waals surface area contributed by atoms with Gasteiger partial charge >= 0.3 is 0 Å². The van der Waals surface area contributed by atoms with E-state index in [0.29, 0.717) is 23.1 Å². The molecule has 1 heterocycles. The lowest BCUT2D eigenvalue weighted by atomic mass is 10.1. The van der Waals surface area contributed by atoms with Crippen LogP contribution >= 0.6 is 0 Å². The van der Waals surface area contributed by atoms with Crippen LogP contribution in [0.4, 0.5) is 11.6 Å². The van der Waals surface area contributed by atoms with E-state index >= 15 is 0 Å². The van der Waals surface area contributed by atoms with E-state index in [1.807, 2.05) is 18.9 Å². The van der Waals surface area contributed by atoms with Gasteiger partial charge in [-0.2, -0.15) is 10.4 Å². The maximum absolute atomic E-state index is 9.12. The van der Waals surface area contributed by atoms with E-state index in [1.54, 1.807) is 4.68 Å². The van der Waals surface area contributed by atoms with Crippen molar-refractivity contribution in [2.45, 2.75) is 33.7 Å². The number of nitrogen functional groups attached to an aromatic ring is 1. The average molecular weight is 235 g/mol. The molecule has 5 nitrogen and oxygen atoms in total. The van der Waals surface area contributed by atoms with Crippen LogP contribution in [0, 0.1) is 17.2 Å². The second-order valence-electron chi connectivity index (χ2n) is 4.62. The van der Waals surface area contributed by atoms with Crippen LogP contribution in [0.3, 0.4) is 0 Å². The monoisotopic (exact) mass is 235 g/mol. The van der Waals surface area contributed by atoms with Crippen molar-refractivity contribution in [2.24, 2.45) is 5.92 Å². The zero-order valence-corrected chi connectivity index (χ0v) is 11.1. The van der Waals surface area contributed by atoms with Crippen molar-refractivity contribution in [2.75, 3.05) is 24.2 Å². The highest BCUT2D eigenvalue weighted by molar-refractivity contribution is 5.64. The van der Waals surface area contributed by atoms with Crippen molar-refractivity contribution in [3.63, 3.8) is 0 Å². The molecule has 0 atom stereocenters. The zero-order valence-electron chi connectivity index (χ0n) is 11.1. The van der Waals surface area contributed by atoms with Crippen LogP contribution in [0.1, 0.15) is 32.8 Å². The summed E-state index contributed by atoms with van der Waals surface area (Å²) in [7, 11) is 1.91. The van der Waals surface area contributed by atoms with E-state index in [0.717, 1.165) is 19.5 Å². The van der Waals surface area contributed by atoms with Crippen LogP contribution in [0.2, 0.25) is 0 Å². The minimum atomic E-state index is 0.475. The normalized spacial score (nSPS) is 10.6. The zero-order chi connectivity index (χ0) is 13.0. The van der Waals surface area contributed by atoms with Gasteiger partial charge in [-0.1, -0.05) is 13.8 Å². The molecule has 1 aromatic heterocycles. The number of anilines is 2. The molecule has 0 saturated carbocycles. The Morgan fingerprint density at radius 1 is 1.53 bits per heavy atom. The minimum absolute atomic E-state index is 0.475. The Hall–Kier alpha value is -1.70. The molecule has 0 aromatic carbocycles. The molecule has 0 radical (unpaired) electrons. The number of hydrogen-bond acceptors (Lipinski definition) is 4. The Labute approximate surface area is 103 Å². The summed E-state index contributed by atoms with van der Waals surface area (Å²) in [6.07, 6.45) is 1.01. The first-order chi connectivity index (χ1) is 8.01. The van der Waals surface area contributed by atoms with Gasteiger partial charge in [-0.15, -0.1) is 0 Å². The van der Waals surface area contributed by atoms with Gasteiger partial charge in [0.15, 0.2) is 5.82 Å². The topological polar surface area (TPSA) is 70.9 Å². The van der Waals surface area contributed by atoms with Crippen LogP contribution in [-0.4, -0.2) is 23.4 Å². The number of hydrogen-bond donors (Lipinski definition) is 1. The van der Waals surface area contributed by atoms with Gasteiger partial charge in [0.05, 0.1) is 0 Å². The molecule has 0 amide bonds. The van der Waals surface area contributed by atoms with Gasteiger partial charge in [-0.25, -0.2) is 4.68 Å². The highest BCUT2D eigenvalue weighted by atomic mass is 15.4. The fraction of sp³-hybridized carbons (Fsp3) is 0.667. The first-order valence-electron chi connectivity index (χ1n) is 5.98. The molecule has 0 unspecified atom stereocenters. The first-order valence-corrected chi connectivity index (χ1v) is 5.98. The van der Waals surface area contributed by atoms with Crippen LogP contribution in [-0.2, 0) is 6.54 Å². The Morgan fingerprint density at radius 3 is 2.65 bits per heavy atom. The molecule has 1 rings (SSSR count). The molecular weight excluding hydrogens is 214 g/mol. The summed E-state index contributed by atoms with van der Waals surface area (Å²) in [6, 6.07) is 2.14. The number of aryl methyl sites for hydroxylation is 1. The van der Waals surface area contributed by atoms with Crippen molar-refractivity contribution in [3.8, 4) is 6.07 Å². The molecule has 0 bridgehead atoms. The molecule has 0 aliphatic carbocycles. The fourth-order valence-corrected chi connectivity index (χ4v) is 1.54. The van der Waals surface area contributed by atoms with Crippen molar-refractivity contribution in [3.05, 3.63) is 5.56 Å². The Balaban J connectivity index is 3.01. The second-order valence-corrected chi connectivity index (χ2v) is 4.62. The standard InChI is InChI=1S/C12H21N5/c1-5-16(4)12-10(8-13)11(14)17(15-12)7-6-9(2)3/h9H,5-7,14H2,1-4H3. The maximum Gasteiger partial charge on any atom is 0.170 e. The fourth-order valence-electron chi connectivity index (χ4n) is 1.54. The number of aromatic nitrogens is 2. The minimum Gasteiger partial charge on any atom is -0.383 e. The van der Waals surface area contributed by atoms with Gasteiger partial charge in [-0.05, 0) is 19.3 Å². The number of nitriles is 1. The number of nitrogens with two attached hydrogens (primary N) is 1. The van der Waals surface area contributed by atoms with Crippen LogP contribution < -0.4 is 10.6 Å². The van der Waals surface area contributed by atoms with Crippen molar-refractivity contribution < 1.29 is 0 Å². The van der Waals surface area contributed by atoms with Crippen molar-refractivity contribution in [1.29, 1.82) is 5.26 Å². The SMILES string of the molecule is CCN(C)c1nn(CCC(C)C)c(N)c1C#N. The summed E-state index contributed by atoms with van der Waals surface area (Å²) in [4.78, 5) is 1.93. The second kappa shape index (κ2) is 5.58. The summed E-state index contributed by atoms with van der Waals surface area (Å²) in [5, 5.41) is 13.5. The first kappa shape index (κ1) is 13.4. The van der Waals surface area contributed by atoms with E-state index in [4.69, 9.17) is 11.0 Å². The summed E-state index contributed by atoms with van der Waals surface area (Å²) in [5.41, 5.74) is 6.43. The van der Waals surface area contributed by atoms with Crippen molar-refractivity contribution >= 4 is 11.6 Å². The molecule has 0 aliphatic rings. The Bertz CT molecular complexity index is 413. The van der Waals surface area contributed by atoms with E-state index in [2.05, 4.69) is 25.0 Å². The van der Waals surface area contributed by atoms with Crippen LogP contribution in [0.15, 0.2) is 0 Å². The Morgan fingerprint density at radius 2 is 2.18 bits per heavy atom. The molecule has 2 N–H and O–H groups in total. The van der Waals surface area contributed by atoms with Gasteiger partial charge in [0.1, 0.15) is 17.5 Å². The third-order valence-electron chi connectivity index (χ3n) is 2.84. The van der Waals surface area contributed by atoms with Crippen LogP contribution in [0.25, 0.3) is 0 Å². The van der Waals surface area contributed by atoms with E-state index in [-0.39, 0.29) is 0 Å². The lowest BCUT2D eigenvalue weighted by Gasteiger charge is -2.12. The average Bonchev–Trinajstić information content (AvgIpc) is 2.62. The molecule has 0 saturated heterocycles. The van der Waals surface area contributed by atoms with Gasteiger partial charge in [-0.3, -0.25) is 0 Å². The summed E-state index contributed by atoms with van der Waals surface area (Å²) in [5.74, 6) is 1.75. The molecule has 94 valence electrons. The largest absolute Gasteiger partial charge is 0.383 e. The van der Waals surface area contributed by atoms with Crippen LogP contribution in [0.5, 0.6) is 0 Å². The summed E-state index contributed by atoms with van der Waals surface area (Å²) < 4.78 is 1.74. The quantitative estimate of drug-likeness (QED) is 0.845. The highest BCUT2D eigenvalue weighted by Gasteiger charge is 2.17. The number of rotatable bonds is 5. The van der Waals surface area contributed by atoms with Gasteiger partial charge in [0.25, 0.3) is 0 Å². The van der Waals surface area contributed by atoms with E-state index < -0.39 is 0 Å². The maximum atomic E-state index is 9.12. The predicted octanol–water partition coefficient (Wildman–Crippen LogP) is 1.84. The molecule has 0 aliphatic heterocycles. The summed E-state index contributed by atoms with van der Waals surface area (Å²) in [6.45, 7) is 7.89. The molecule has 0 spiro atoms. The third-order valence-corrected chi connectivity index (χ3v) is 2.84. The third kappa shape index (κ3) is 2.90. The predicted molar refractivity (Wildman–Crippen MR) is 69.8 cm³/mol. The molecule has 5 heteroatoms. The lowest BCUT2D eigenvalue weighted by Crippen LogP contribution is -2.17. The molecule has 17 heavy (non-hydrogen) atoms. The van der Waals surface area contributed by atoms with Gasteiger partial charge in [0.2, 0.25) is 0 Å². The van der Waals surface area contributed by atoms with E-state index in [9.17, 15) is 0 Å². The Kier molecular flexibility index (Phi) is 4.38. The van der Waals surface area contributed by atoms with Gasteiger partial charge < -0.3 is 10.6 Å². The molecule has 0 fully saturated rings. The van der Waals surface area contributed by atoms with Gasteiger partial charge in [0, 0.05) is 20.1 Å².